The van der Waals surface area contributed by atoms with Gasteiger partial charge in [-0.15, -0.1) is 0 Å². The van der Waals surface area contributed by atoms with Crippen LogP contribution >= 0.6 is 31.9 Å². The van der Waals surface area contributed by atoms with Gasteiger partial charge in [-0.2, -0.15) is 5.26 Å². The number of amides is 1. The molecule has 2 N–H and O–H groups in total. The predicted molar refractivity (Wildman–Crippen MR) is 110 cm³/mol. The Bertz CT molecular complexity index is 1070. The highest BCUT2D eigenvalue weighted by Gasteiger charge is 2.13. The van der Waals surface area contributed by atoms with Crippen LogP contribution in [0.15, 0.2) is 64.2 Å². The van der Waals surface area contributed by atoms with Crippen LogP contribution in [0.3, 0.4) is 0 Å². The molecule has 1 heterocycles. The maximum Gasteiger partial charge on any atom is 0.247 e. The molecule has 0 spiro atoms. The fraction of sp³-hybridized carbons (Fsp3) is 0. The van der Waals surface area contributed by atoms with Crippen molar-refractivity contribution in [2.45, 2.75) is 0 Å². The minimum absolute atomic E-state index is 0.324. The number of rotatable bonds is 4. The molecule has 0 bridgehead atoms. The number of carbonyl (C=O) groups excluding carboxylic acids is 1. The average molecular weight is 472 g/mol. The van der Waals surface area contributed by atoms with E-state index in [4.69, 9.17) is 0 Å². The molecule has 0 saturated heterocycles. The van der Waals surface area contributed by atoms with Gasteiger partial charge < -0.3 is 10.6 Å². The molecule has 0 unspecified atom stereocenters. The zero-order chi connectivity index (χ0) is 18.7. The van der Waals surface area contributed by atoms with Crippen molar-refractivity contribution >= 4 is 65.7 Å². The van der Waals surface area contributed by atoms with E-state index in [1.807, 2.05) is 24.3 Å². The number of hydrogen-bond acceptors (Lipinski definition) is 4. The summed E-state index contributed by atoms with van der Waals surface area (Å²) in [6.07, 6.45) is 2.68. The van der Waals surface area contributed by atoms with E-state index < -0.39 is 0 Å². The van der Waals surface area contributed by atoms with Gasteiger partial charge in [0, 0.05) is 26.2 Å². The fourth-order valence-electron chi connectivity index (χ4n) is 2.45. The van der Waals surface area contributed by atoms with Crippen LogP contribution in [0, 0.1) is 11.3 Å². The summed E-state index contributed by atoms with van der Waals surface area (Å²) in [5.41, 5.74) is 2.98. The zero-order valence-electron chi connectivity index (χ0n) is 13.4. The smallest absolute Gasteiger partial charge is 0.247 e. The lowest BCUT2D eigenvalue weighted by Gasteiger charge is -2.14. The number of anilines is 3. The van der Waals surface area contributed by atoms with E-state index in [9.17, 15) is 10.1 Å². The van der Waals surface area contributed by atoms with Crippen LogP contribution in [0.25, 0.3) is 10.9 Å². The van der Waals surface area contributed by atoms with Gasteiger partial charge >= 0.3 is 0 Å². The lowest BCUT2D eigenvalue weighted by molar-refractivity contribution is -0.111. The summed E-state index contributed by atoms with van der Waals surface area (Å²) in [6, 6.07) is 13.3. The lowest BCUT2D eigenvalue weighted by Crippen LogP contribution is -2.08. The fourth-order valence-corrected chi connectivity index (χ4v) is 3.07. The second-order valence-electron chi connectivity index (χ2n) is 5.31. The number of carbonyl (C=O) groups is 1. The molecule has 0 aliphatic rings. The quantitative estimate of drug-likeness (QED) is 0.492. The van der Waals surface area contributed by atoms with Gasteiger partial charge in [-0.3, -0.25) is 9.78 Å². The summed E-state index contributed by atoms with van der Waals surface area (Å²) >= 11 is 6.91. The van der Waals surface area contributed by atoms with Crippen molar-refractivity contribution in [3.63, 3.8) is 0 Å². The number of benzene rings is 2. The first-order valence-corrected chi connectivity index (χ1v) is 9.09. The Labute approximate surface area is 167 Å². The van der Waals surface area contributed by atoms with Crippen LogP contribution in [0.4, 0.5) is 17.1 Å². The largest absolute Gasteiger partial charge is 0.354 e. The maximum atomic E-state index is 11.7. The highest BCUT2D eigenvalue weighted by Crippen LogP contribution is 2.34. The number of para-hydroxylation sites is 1. The normalized spacial score (nSPS) is 10.2. The summed E-state index contributed by atoms with van der Waals surface area (Å²) in [6.45, 7) is 3.46. The van der Waals surface area contributed by atoms with Gasteiger partial charge in [0.1, 0.15) is 6.07 Å². The molecule has 0 radical (unpaired) electrons. The predicted octanol–water partition coefficient (Wildman–Crippen LogP) is 5.50. The average Bonchev–Trinajstić information content (AvgIpc) is 2.65. The van der Waals surface area contributed by atoms with Crippen molar-refractivity contribution in [2.24, 2.45) is 0 Å². The standard InChI is InChI=1S/C19H12Br2N4O/c1-2-17(26)25-16-5-3-4-13-18(11(9-22)10-23-19(13)16)24-12-6-7-14(20)15(21)8-12/h2-8,10H,1H2,(H,23,24)(H,25,26). The number of pyridine rings is 1. The monoisotopic (exact) mass is 470 g/mol. The first kappa shape index (κ1) is 18.1. The molecule has 2 aromatic carbocycles. The van der Waals surface area contributed by atoms with Crippen LogP contribution in [0.1, 0.15) is 5.56 Å². The SMILES string of the molecule is C=CC(=O)Nc1cccc2c(Nc3ccc(Br)c(Br)c3)c(C#N)cnc12. The third kappa shape index (κ3) is 3.62. The van der Waals surface area contributed by atoms with Crippen molar-refractivity contribution in [3.8, 4) is 6.07 Å². The van der Waals surface area contributed by atoms with E-state index in [1.54, 1.807) is 12.1 Å². The Kier molecular flexibility index (Phi) is 5.35. The Morgan fingerprint density at radius 3 is 2.73 bits per heavy atom. The van der Waals surface area contributed by atoms with Crippen LogP contribution in [0.2, 0.25) is 0 Å². The molecule has 7 heteroatoms. The Morgan fingerprint density at radius 2 is 2.04 bits per heavy atom. The molecule has 26 heavy (non-hydrogen) atoms. The lowest BCUT2D eigenvalue weighted by atomic mass is 10.1. The first-order valence-electron chi connectivity index (χ1n) is 7.51. The Balaban J connectivity index is 2.14. The van der Waals surface area contributed by atoms with Gasteiger partial charge in [0.15, 0.2) is 0 Å². The second-order valence-corrected chi connectivity index (χ2v) is 7.02. The molecule has 1 aromatic heterocycles. The summed E-state index contributed by atoms with van der Waals surface area (Å²) in [5.74, 6) is -0.324. The molecule has 5 nitrogen and oxygen atoms in total. The van der Waals surface area contributed by atoms with Crippen LogP contribution in [0.5, 0.6) is 0 Å². The second kappa shape index (κ2) is 7.68. The molecule has 0 fully saturated rings. The van der Waals surface area contributed by atoms with Crippen LogP contribution in [-0.4, -0.2) is 10.9 Å². The summed E-state index contributed by atoms with van der Waals surface area (Å²) in [5, 5.41) is 16.2. The Hall–Kier alpha value is -2.69. The van der Waals surface area contributed by atoms with E-state index in [0.29, 0.717) is 22.5 Å². The molecule has 3 rings (SSSR count). The van der Waals surface area contributed by atoms with Gasteiger partial charge in [-0.25, -0.2) is 0 Å². The minimum Gasteiger partial charge on any atom is -0.354 e. The number of nitrogens with one attached hydrogen (secondary N) is 2. The highest BCUT2D eigenvalue weighted by atomic mass is 79.9. The molecular weight excluding hydrogens is 460 g/mol. The van der Waals surface area contributed by atoms with Crippen LogP contribution in [-0.2, 0) is 4.79 Å². The third-order valence-electron chi connectivity index (χ3n) is 3.65. The number of halogens is 2. The number of hydrogen-bond donors (Lipinski definition) is 2. The molecule has 0 atom stereocenters. The van der Waals surface area contributed by atoms with Crippen molar-refractivity contribution in [1.82, 2.24) is 4.98 Å². The van der Waals surface area contributed by atoms with E-state index in [0.717, 1.165) is 20.0 Å². The van der Waals surface area contributed by atoms with Crippen molar-refractivity contribution in [2.75, 3.05) is 10.6 Å². The van der Waals surface area contributed by atoms with Gasteiger partial charge in [-0.05, 0) is 62.2 Å². The summed E-state index contributed by atoms with van der Waals surface area (Å²) in [7, 11) is 0. The molecule has 0 aliphatic heterocycles. The zero-order valence-corrected chi connectivity index (χ0v) is 16.6. The maximum absolute atomic E-state index is 11.7. The van der Waals surface area contributed by atoms with Crippen molar-refractivity contribution < 1.29 is 4.79 Å². The highest BCUT2D eigenvalue weighted by molar-refractivity contribution is 9.13. The van der Waals surface area contributed by atoms with Gasteiger partial charge in [0.25, 0.3) is 0 Å². The van der Waals surface area contributed by atoms with Gasteiger partial charge in [0.05, 0.1) is 22.5 Å². The van der Waals surface area contributed by atoms with E-state index in [-0.39, 0.29) is 5.91 Å². The molecule has 0 saturated carbocycles. The Morgan fingerprint density at radius 1 is 1.23 bits per heavy atom. The van der Waals surface area contributed by atoms with Crippen molar-refractivity contribution in [3.05, 3.63) is 69.8 Å². The summed E-state index contributed by atoms with van der Waals surface area (Å²) < 4.78 is 1.82. The van der Waals surface area contributed by atoms with Gasteiger partial charge in [0.2, 0.25) is 5.91 Å². The molecule has 3 aromatic rings. The topological polar surface area (TPSA) is 77.8 Å². The first-order chi connectivity index (χ1) is 12.5. The third-order valence-corrected chi connectivity index (χ3v) is 5.53. The number of nitrogens with zero attached hydrogens (tertiary/aromatic N) is 2. The van der Waals surface area contributed by atoms with Crippen molar-refractivity contribution in [1.29, 1.82) is 5.26 Å². The molecule has 0 aliphatic carbocycles. The number of aromatic nitrogens is 1. The van der Waals surface area contributed by atoms with E-state index in [2.05, 4.69) is 60.1 Å². The molecule has 128 valence electrons. The number of fused-ring (bicyclic) bond motifs is 1. The summed E-state index contributed by atoms with van der Waals surface area (Å²) in [4.78, 5) is 16.0. The van der Waals surface area contributed by atoms with Gasteiger partial charge in [-0.1, -0.05) is 18.7 Å². The van der Waals surface area contributed by atoms with E-state index >= 15 is 0 Å². The number of nitriles is 1. The molecular formula is C19H12Br2N4O. The van der Waals surface area contributed by atoms with Crippen LogP contribution < -0.4 is 10.6 Å². The molecule has 1 amide bonds. The minimum atomic E-state index is -0.324. The van der Waals surface area contributed by atoms with E-state index in [1.165, 1.54) is 12.3 Å².